The summed E-state index contributed by atoms with van der Waals surface area (Å²) in [5, 5.41) is 18.7. The van der Waals surface area contributed by atoms with Crippen LogP contribution in [0.4, 0.5) is 18.4 Å². The summed E-state index contributed by atoms with van der Waals surface area (Å²) >= 11 is 0. The predicted molar refractivity (Wildman–Crippen MR) is 366 cm³/mol. The minimum Gasteiger partial charge on any atom is -0.481 e. The Morgan fingerprint density at radius 3 is 1.37 bits per heavy atom. The molecule has 6 fully saturated rings. The number of nitrogens with zero attached hydrogens (tertiary/aromatic N) is 4. The van der Waals surface area contributed by atoms with Crippen LogP contribution in [-0.4, -0.2) is 191 Å². The SMILES string of the molecule is COC(=O)CCCC(=O)N[C@H]1CCCCC/C=C\[C@@H]2C[C@@]2(C(=O)NS(=O)(=O)C2CC2)NC(=O)[C@@H]2C[C@@H](OC(=O)N3Cc4cccc(F)c4C3)CN2C1=O.O=C(O)CCCC(=O)N[C@H]1CCCCC/C=C\[C@@H]2C[C@@]2(C(=O)NS(=O)(=O)C2CC2)NC(=O)[C@@H]2C[C@@H](OC(=O)N3Cc4cccc(F)c4C3)CN2C1=O. The standard InChI is InChI=1S/C36H46FN5O10S.C35H44FN5O10S/c1-51-31(44)14-8-13-30(43)38-28-12-6-4-2-3-5-10-23-18-36(23,34(47)40-53(49,50)25-15-16-25)39-32(45)29-17-24(20-42(29)33(28)46)52-35(48)41-19-22-9-7-11-27(37)26(22)21-41;36-26-10-6-8-21-18-40(20-25(21)26)34(48)51-23-16-28-31(45)38-35(33(47)39-52(49,50)24-14-15-24)17-22(35)9-4-2-1-3-5-11-27(32(46)41(28)19-23)37-29(42)12-7-13-30(43)44/h5,7,9-11,23-25,28-29H,2-4,6,8,12-21H2,1H3,(H,38,43)(H,39,45)(H,40,47);4,6,8-10,22-24,27-28H,1-3,5,7,11-20H2,(H,37,42)(H,38,45)(H,39,47)(H,43,44)/b10-5-;9-4-/t23-,24-,28+,29+,36-;22-,23-,27+,28+,35-/m11/s1. The van der Waals surface area contributed by atoms with Gasteiger partial charge in [0.25, 0.3) is 11.8 Å². The molecule has 4 saturated carbocycles. The van der Waals surface area contributed by atoms with Gasteiger partial charge in [0.15, 0.2) is 0 Å². The maximum Gasteiger partial charge on any atom is 0.410 e. The highest BCUT2D eigenvalue weighted by Gasteiger charge is 2.64. The number of carbonyl (C=O) groups excluding carboxylic acids is 11. The number of halogens is 2. The second-order valence-corrected chi connectivity index (χ2v) is 32.8. The quantitative estimate of drug-likeness (QED) is 0.0628. The number of aliphatic carboxylic acids is 1. The molecule has 0 radical (unpaired) electrons. The fourth-order valence-corrected chi connectivity index (χ4v) is 17.3. The molecule has 0 spiro atoms. The molecule has 10 atom stereocenters. The van der Waals surface area contributed by atoms with Gasteiger partial charge >= 0.3 is 24.1 Å². The molecule has 0 aromatic heterocycles. The van der Waals surface area contributed by atoms with Gasteiger partial charge in [-0.25, -0.2) is 35.2 Å². The molecule has 0 unspecified atom stereocenters. The van der Waals surface area contributed by atoms with Crippen molar-refractivity contribution in [3.8, 4) is 0 Å². The number of amides is 10. The zero-order chi connectivity index (χ0) is 75.1. The second kappa shape index (κ2) is 32.7. The number of methoxy groups -OCH3 is 1. The number of hydrogen-bond acceptors (Lipinski definition) is 19. The fraction of sp³-hybridized carbons (Fsp3) is 0.606. The monoisotopic (exact) mass is 1500 g/mol. The van der Waals surface area contributed by atoms with E-state index in [0.717, 1.165) is 12.8 Å². The summed E-state index contributed by atoms with van der Waals surface area (Å²) in [5.74, 6) is -8.81. The maximum atomic E-state index is 14.4. The van der Waals surface area contributed by atoms with Crippen LogP contribution in [-0.2, 0) is 108 Å². The first-order chi connectivity index (χ1) is 50.1. The van der Waals surface area contributed by atoms with E-state index in [1.165, 1.54) is 38.8 Å². The summed E-state index contributed by atoms with van der Waals surface area (Å²) < 4.78 is 100. The predicted octanol–water partition coefficient (Wildman–Crippen LogP) is 4.07. The number of nitrogens with one attached hydrogen (secondary N) is 6. The van der Waals surface area contributed by atoms with Crippen LogP contribution in [0.1, 0.15) is 176 Å². The molecule has 0 bridgehead atoms. The summed E-state index contributed by atoms with van der Waals surface area (Å²) in [7, 11) is -6.62. The average Bonchev–Trinajstić information content (AvgIpc) is 1.58. The summed E-state index contributed by atoms with van der Waals surface area (Å²) in [6.45, 7) is -0.233. The Morgan fingerprint density at radius 1 is 0.562 bits per heavy atom. The summed E-state index contributed by atoms with van der Waals surface area (Å²) in [6, 6.07) is 4.51. The van der Waals surface area contributed by atoms with Crippen molar-refractivity contribution in [2.45, 2.75) is 238 Å². The summed E-state index contributed by atoms with van der Waals surface area (Å²) in [6.07, 6.45) is 11.3. The number of esters is 1. The number of rotatable bonds is 18. The number of carboxylic acid groups (broad SMARTS) is 1. The number of hydrogen-bond donors (Lipinski definition) is 7. The summed E-state index contributed by atoms with van der Waals surface area (Å²) in [4.78, 5) is 164. The van der Waals surface area contributed by atoms with Crippen LogP contribution in [0, 0.1) is 23.5 Å². The van der Waals surface area contributed by atoms with Gasteiger partial charge in [-0.15, -0.1) is 0 Å². The van der Waals surface area contributed by atoms with Crippen LogP contribution in [0.3, 0.4) is 0 Å². The van der Waals surface area contributed by atoms with Gasteiger partial charge in [-0.1, -0.05) is 74.3 Å². The van der Waals surface area contributed by atoms with Gasteiger partial charge in [0.2, 0.25) is 55.5 Å². The van der Waals surface area contributed by atoms with Crippen LogP contribution in [0.25, 0.3) is 0 Å². The van der Waals surface area contributed by atoms with E-state index in [4.69, 9.17) is 14.6 Å². The van der Waals surface area contributed by atoms with Gasteiger partial charge in [-0.3, -0.25) is 67.2 Å². The number of benzene rings is 2. The van der Waals surface area contributed by atoms with Gasteiger partial charge in [-0.2, -0.15) is 0 Å². The van der Waals surface area contributed by atoms with Crippen molar-refractivity contribution < 1.29 is 102 Å². The smallest absolute Gasteiger partial charge is 0.410 e. The first kappa shape index (κ1) is 77.0. The van der Waals surface area contributed by atoms with Gasteiger partial charge in [0.05, 0.1) is 43.8 Å². The highest BCUT2D eigenvalue weighted by atomic mass is 32.2. The van der Waals surface area contributed by atoms with Crippen molar-refractivity contribution in [3.05, 3.63) is 94.6 Å². The van der Waals surface area contributed by atoms with Gasteiger partial charge < -0.3 is 50.4 Å². The molecule has 570 valence electrons. The third-order valence-electron chi connectivity index (χ3n) is 21.1. The third-order valence-corrected chi connectivity index (χ3v) is 24.7. The van der Waals surface area contributed by atoms with Crippen LogP contribution in [0.5, 0.6) is 0 Å². The number of allylic oxidation sites excluding steroid dienone is 2. The van der Waals surface area contributed by atoms with Gasteiger partial charge in [0.1, 0.15) is 59.1 Å². The zero-order valence-corrected chi connectivity index (χ0v) is 60.0. The highest BCUT2D eigenvalue weighted by molar-refractivity contribution is 7.91. The van der Waals surface area contributed by atoms with Gasteiger partial charge in [-0.05, 0) is 113 Å². The Balaban J connectivity index is 0.000000210. The lowest BCUT2D eigenvalue weighted by atomic mass is 10.0. The van der Waals surface area contributed by atoms with Crippen molar-refractivity contribution in [2.24, 2.45) is 11.8 Å². The maximum absolute atomic E-state index is 14.4. The molecule has 105 heavy (non-hydrogen) atoms. The van der Waals surface area contributed by atoms with E-state index in [1.54, 1.807) is 36.4 Å². The largest absolute Gasteiger partial charge is 0.481 e. The molecule has 10 aliphatic rings. The Morgan fingerprint density at radius 2 is 0.981 bits per heavy atom. The van der Waals surface area contributed by atoms with E-state index >= 15 is 0 Å². The van der Waals surface area contributed by atoms with Crippen LogP contribution >= 0.6 is 0 Å². The lowest BCUT2D eigenvalue weighted by Gasteiger charge is -2.30. The zero-order valence-electron chi connectivity index (χ0n) is 58.3. The topological polar surface area (TPSA) is 406 Å². The second-order valence-electron chi connectivity index (χ2n) is 28.9. The fourth-order valence-electron chi connectivity index (χ4n) is 14.6. The molecule has 2 aromatic rings. The number of ether oxygens (including phenoxy) is 3. The van der Waals surface area contributed by atoms with E-state index < -0.39 is 173 Å². The molecule has 6 aliphatic heterocycles. The number of sulfonamides is 2. The lowest BCUT2D eigenvalue weighted by Crippen LogP contribution is -2.58. The normalized spacial score (nSPS) is 28.1. The molecule has 10 amide bonds. The molecule has 4 aliphatic carbocycles. The first-order valence-electron chi connectivity index (χ1n) is 36.1. The molecule has 12 rings (SSSR count). The summed E-state index contributed by atoms with van der Waals surface area (Å²) in [5.41, 5.74) is -1.13. The Kier molecular flexibility index (Phi) is 24.0. The van der Waals surface area contributed by atoms with Crippen molar-refractivity contribution in [3.63, 3.8) is 0 Å². The average molecular weight is 1510 g/mol. The number of carbonyl (C=O) groups is 12. The Bertz CT molecular complexity index is 4060. The molecule has 2 aromatic carbocycles. The highest BCUT2D eigenvalue weighted by Crippen LogP contribution is 2.48. The van der Waals surface area contributed by atoms with Crippen molar-refractivity contribution in [1.29, 1.82) is 0 Å². The van der Waals surface area contributed by atoms with E-state index in [-0.39, 0.29) is 116 Å². The van der Waals surface area contributed by atoms with E-state index in [0.29, 0.717) is 86.5 Å². The molecule has 30 nitrogen and oxygen atoms in total. The molecule has 34 heteroatoms. The molecular formula is C71H90F2N10O20S2. The van der Waals surface area contributed by atoms with Gasteiger partial charge in [0, 0.05) is 74.6 Å². The van der Waals surface area contributed by atoms with E-state index in [9.17, 15) is 83.2 Å². The number of carboxylic acids is 1. The first-order valence-corrected chi connectivity index (χ1v) is 39.2. The molecule has 6 heterocycles. The Hall–Kier alpha value is -9.08. The van der Waals surface area contributed by atoms with Crippen LogP contribution in [0.2, 0.25) is 0 Å². The molecule has 2 saturated heterocycles. The minimum absolute atomic E-state index is 0.0134. The van der Waals surface area contributed by atoms with Crippen molar-refractivity contribution >= 4 is 91.4 Å². The molecular weight excluding hydrogens is 1410 g/mol. The van der Waals surface area contributed by atoms with Crippen molar-refractivity contribution in [2.75, 3.05) is 20.2 Å². The van der Waals surface area contributed by atoms with Crippen LogP contribution in [0.15, 0.2) is 60.7 Å². The van der Waals surface area contributed by atoms with E-state index in [1.807, 2.05) is 12.2 Å². The molecule has 7 N–H and O–H groups in total. The number of fused-ring (bicyclic) bond motifs is 6. The van der Waals surface area contributed by atoms with Crippen molar-refractivity contribution in [1.82, 2.24) is 50.3 Å². The third kappa shape index (κ3) is 18.8. The lowest BCUT2D eigenvalue weighted by molar-refractivity contribution is -0.143. The van der Waals surface area contributed by atoms with Crippen LogP contribution < -0.4 is 30.7 Å². The minimum atomic E-state index is -3.94. The Labute approximate surface area is 606 Å². The van der Waals surface area contributed by atoms with E-state index in [2.05, 4.69) is 35.4 Å².